The van der Waals surface area contributed by atoms with Crippen LogP contribution in [0.2, 0.25) is 0 Å². The van der Waals surface area contributed by atoms with E-state index in [-0.39, 0.29) is 12.0 Å². The fourth-order valence-electron chi connectivity index (χ4n) is 4.39. The first-order valence-electron chi connectivity index (χ1n) is 11.2. The molecule has 31 heavy (non-hydrogen) atoms. The number of amides is 1. The van der Waals surface area contributed by atoms with E-state index in [0.29, 0.717) is 18.8 Å². The number of guanidine groups is 1. The van der Waals surface area contributed by atoms with E-state index in [2.05, 4.69) is 39.5 Å². The summed E-state index contributed by atoms with van der Waals surface area (Å²) >= 11 is 0. The normalized spacial score (nSPS) is 19.3. The Morgan fingerprint density at radius 2 is 1.97 bits per heavy atom. The Hall–Kier alpha value is -2.80. The molecule has 1 aromatic carbocycles. The largest absolute Gasteiger partial charge is 0.459 e. The standard InChI is InChI=1S/C24H32N4O3/c1-25-24(28-15-13-27(14-16-28)23(29)22-11-5-17-31-22)26-12-6-18-30-21-10-4-8-19-7-2-3-9-20(19)21/h2-3,5,7,9,11,17,21H,4,6,8,10,12-16,18H2,1H3,(H,25,26). The van der Waals surface area contributed by atoms with Gasteiger partial charge >= 0.3 is 0 Å². The molecule has 0 radical (unpaired) electrons. The van der Waals surface area contributed by atoms with Gasteiger partial charge in [-0.25, -0.2) is 0 Å². The molecule has 2 aliphatic rings. The third kappa shape index (κ3) is 5.28. The number of rotatable bonds is 6. The maximum Gasteiger partial charge on any atom is 0.289 e. The molecule has 1 N–H and O–H groups in total. The van der Waals surface area contributed by atoms with Crippen molar-refractivity contribution in [1.29, 1.82) is 0 Å². The lowest BCUT2D eigenvalue weighted by Gasteiger charge is -2.36. The van der Waals surface area contributed by atoms with Crippen molar-refractivity contribution in [3.63, 3.8) is 0 Å². The molecule has 166 valence electrons. The first-order valence-corrected chi connectivity index (χ1v) is 11.2. The van der Waals surface area contributed by atoms with Gasteiger partial charge < -0.3 is 24.3 Å². The van der Waals surface area contributed by atoms with Gasteiger partial charge in [0.2, 0.25) is 0 Å². The number of carbonyl (C=O) groups is 1. The van der Waals surface area contributed by atoms with E-state index in [0.717, 1.165) is 51.5 Å². The summed E-state index contributed by atoms with van der Waals surface area (Å²) in [6, 6.07) is 12.1. The molecule has 2 aromatic rings. The van der Waals surface area contributed by atoms with Crippen LogP contribution in [0.5, 0.6) is 0 Å². The molecule has 1 fully saturated rings. The number of fused-ring (bicyclic) bond motifs is 1. The Kier molecular flexibility index (Phi) is 7.25. The molecule has 1 saturated heterocycles. The number of benzene rings is 1. The van der Waals surface area contributed by atoms with E-state index >= 15 is 0 Å². The Balaban J connectivity index is 1.17. The first kappa shape index (κ1) is 21.4. The van der Waals surface area contributed by atoms with Crippen LogP contribution in [0.1, 0.15) is 47.0 Å². The van der Waals surface area contributed by atoms with Crippen LogP contribution in [0.15, 0.2) is 52.1 Å². The van der Waals surface area contributed by atoms with Gasteiger partial charge in [0.05, 0.1) is 12.4 Å². The molecule has 2 heterocycles. The Labute approximate surface area is 184 Å². The number of furan rings is 1. The maximum absolute atomic E-state index is 12.4. The van der Waals surface area contributed by atoms with E-state index in [1.54, 1.807) is 19.2 Å². The molecule has 0 saturated carbocycles. The molecular weight excluding hydrogens is 392 g/mol. The van der Waals surface area contributed by atoms with Gasteiger partial charge in [0, 0.05) is 46.4 Å². The predicted octanol–water partition coefficient (Wildman–Crippen LogP) is 3.10. The lowest BCUT2D eigenvalue weighted by atomic mass is 9.89. The second-order valence-corrected chi connectivity index (χ2v) is 8.03. The Morgan fingerprint density at radius 1 is 1.16 bits per heavy atom. The number of hydrogen-bond donors (Lipinski definition) is 1. The van der Waals surface area contributed by atoms with Gasteiger partial charge in [0.15, 0.2) is 11.7 Å². The van der Waals surface area contributed by atoms with Gasteiger partial charge in [-0.05, 0) is 48.9 Å². The highest BCUT2D eigenvalue weighted by Gasteiger charge is 2.25. The van der Waals surface area contributed by atoms with Gasteiger partial charge in [-0.15, -0.1) is 0 Å². The number of nitrogens with zero attached hydrogens (tertiary/aromatic N) is 3. The number of aliphatic imine (C=N–C) groups is 1. The van der Waals surface area contributed by atoms with Crippen molar-refractivity contribution in [2.75, 3.05) is 46.4 Å². The summed E-state index contributed by atoms with van der Waals surface area (Å²) in [7, 11) is 1.80. The van der Waals surface area contributed by atoms with Crippen LogP contribution < -0.4 is 5.32 Å². The summed E-state index contributed by atoms with van der Waals surface area (Å²) in [6.07, 6.45) is 6.15. The van der Waals surface area contributed by atoms with Crippen molar-refractivity contribution in [3.05, 3.63) is 59.5 Å². The molecule has 1 atom stereocenters. The zero-order valence-electron chi connectivity index (χ0n) is 18.3. The van der Waals surface area contributed by atoms with Crippen LogP contribution in [-0.4, -0.2) is 68.0 Å². The van der Waals surface area contributed by atoms with E-state index < -0.39 is 0 Å². The smallest absolute Gasteiger partial charge is 0.289 e. The Morgan fingerprint density at radius 3 is 2.74 bits per heavy atom. The lowest BCUT2D eigenvalue weighted by molar-refractivity contribution is 0.0397. The van der Waals surface area contributed by atoms with E-state index in [4.69, 9.17) is 9.15 Å². The van der Waals surface area contributed by atoms with Crippen molar-refractivity contribution in [2.45, 2.75) is 31.8 Å². The molecule has 1 aliphatic carbocycles. The number of ether oxygens (including phenoxy) is 1. The summed E-state index contributed by atoms with van der Waals surface area (Å²) in [5, 5.41) is 3.44. The molecule has 7 nitrogen and oxygen atoms in total. The molecule has 1 aromatic heterocycles. The van der Waals surface area contributed by atoms with Gasteiger partial charge in [-0.3, -0.25) is 9.79 Å². The highest BCUT2D eigenvalue weighted by molar-refractivity contribution is 5.91. The summed E-state index contributed by atoms with van der Waals surface area (Å²) in [6.45, 7) is 4.36. The van der Waals surface area contributed by atoms with Crippen LogP contribution in [0.4, 0.5) is 0 Å². The molecule has 0 spiro atoms. The van der Waals surface area contributed by atoms with E-state index in [9.17, 15) is 4.79 Å². The fraction of sp³-hybridized carbons (Fsp3) is 0.500. The number of aryl methyl sites for hydroxylation is 1. The summed E-state index contributed by atoms with van der Waals surface area (Å²) in [5.41, 5.74) is 2.79. The molecule has 1 amide bonds. The molecule has 4 rings (SSSR count). The topological polar surface area (TPSA) is 70.3 Å². The number of carbonyl (C=O) groups excluding carboxylic acids is 1. The van der Waals surface area contributed by atoms with Crippen molar-refractivity contribution in [3.8, 4) is 0 Å². The van der Waals surface area contributed by atoms with Crippen molar-refractivity contribution < 1.29 is 13.9 Å². The third-order valence-electron chi connectivity index (χ3n) is 6.05. The van der Waals surface area contributed by atoms with E-state index in [1.165, 1.54) is 23.8 Å². The number of hydrogen-bond acceptors (Lipinski definition) is 4. The van der Waals surface area contributed by atoms with Crippen LogP contribution in [-0.2, 0) is 11.2 Å². The maximum atomic E-state index is 12.4. The van der Waals surface area contributed by atoms with E-state index in [1.807, 2.05) is 4.90 Å². The van der Waals surface area contributed by atoms with Gasteiger partial charge in [-0.2, -0.15) is 0 Å². The Bertz CT molecular complexity index is 873. The average Bonchev–Trinajstić information content (AvgIpc) is 3.36. The number of piperazine rings is 1. The minimum Gasteiger partial charge on any atom is -0.459 e. The van der Waals surface area contributed by atoms with Gasteiger partial charge in [-0.1, -0.05) is 24.3 Å². The highest BCUT2D eigenvalue weighted by atomic mass is 16.5. The van der Waals surface area contributed by atoms with Crippen molar-refractivity contribution >= 4 is 11.9 Å². The van der Waals surface area contributed by atoms with Crippen molar-refractivity contribution in [1.82, 2.24) is 15.1 Å². The average molecular weight is 425 g/mol. The summed E-state index contributed by atoms with van der Waals surface area (Å²) < 4.78 is 11.4. The van der Waals surface area contributed by atoms with Crippen LogP contribution in [0.25, 0.3) is 0 Å². The molecule has 1 unspecified atom stereocenters. The fourth-order valence-corrected chi connectivity index (χ4v) is 4.39. The first-order chi connectivity index (χ1) is 15.3. The highest BCUT2D eigenvalue weighted by Crippen LogP contribution is 2.32. The molecule has 1 aliphatic heterocycles. The zero-order chi connectivity index (χ0) is 21.5. The zero-order valence-corrected chi connectivity index (χ0v) is 18.3. The monoisotopic (exact) mass is 424 g/mol. The lowest BCUT2D eigenvalue weighted by Crippen LogP contribution is -2.53. The second-order valence-electron chi connectivity index (χ2n) is 8.03. The SMILES string of the molecule is CN=C(NCCCOC1CCCc2ccccc21)N1CCN(C(=O)c2ccco2)CC1. The minimum absolute atomic E-state index is 0.0472. The molecular formula is C24H32N4O3. The summed E-state index contributed by atoms with van der Waals surface area (Å²) in [5.74, 6) is 1.23. The number of nitrogens with one attached hydrogen (secondary N) is 1. The molecule has 7 heteroatoms. The van der Waals surface area contributed by atoms with Crippen LogP contribution in [0, 0.1) is 0 Å². The quantitative estimate of drug-likeness (QED) is 0.438. The van der Waals surface area contributed by atoms with Gasteiger partial charge in [0.1, 0.15) is 0 Å². The van der Waals surface area contributed by atoms with Crippen LogP contribution >= 0.6 is 0 Å². The summed E-state index contributed by atoms with van der Waals surface area (Å²) in [4.78, 5) is 20.9. The van der Waals surface area contributed by atoms with Crippen molar-refractivity contribution in [2.24, 2.45) is 4.99 Å². The molecule has 0 bridgehead atoms. The predicted molar refractivity (Wildman–Crippen MR) is 120 cm³/mol. The third-order valence-corrected chi connectivity index (χ3v) is 6.05. The van der Waals surface area contributed by atoms with Gasteiger partial charge in [0.25, 0.3) is 5.91 Å². The van der Waals surface area contributed by atoms with Crippen LogP contribution in [0.3, 0.4) is 0 Å². The minimum atomic E-state index is -0.0472. The second kappa shape index (κ2) is 10.5.